The average Bonchev–Trinajstić information content (AvgIpc) is 2.02. The van der Waals surface area contributed by atoms with Gasteiger partial charge in [-0.3, -0.25) is 4.99 Å². The van der Waals surface area contributed by atoms with E-state index < -0.39 is 0 Å². The summed E-state index contributed by atoms with van der Waals surface area (Å²) in [5, 5.41) is 4.64. The number of aliphatic imine (C=N–C) groups is 1. The smallest absolute Gasteiger partial charge is 0.157 e. The normalized spacial score (nSPS) is 25.9. The van der Waals surface area contributed by atoms with E-state index >= 15 is 0 Å². The Kier molecular flexibility index (Phi) is 4.30. The Morgan fingerprint density at radius 3 is 2.86 bits per heavy atom. The van der Waals surface area contributed by atoms with Crippen LogP contribution in [0.25, 0.3) is 0 Å². The fourth-order valence-electron chi connectivity index (χ4n) is 1.54. The lowest BCUT2D eigenvalue weighted by Crippen LogP contribution is -2.46. The van der Waals surface area contributed by atoms with Crippen LogP contribution in [0.2, 0.25) is 0 Å². The second-order valence-electron chi connectivity index (χ2n) is 4.68. The van der Waals surface area contributed by atoms with Crippen LogP contribution in [0, 0.1) is 0 Å². The third-order valence-corrected chi connectivity index (χ3v) is 3.34. The molecule has 14 heavy (non-hydrogen) atoms. The van der Waals surface area contributed by atoms with Gasteiger partial charge in [-0.1, -0.05) is 25.1 Å². The summed E-state index contributed by atoms with van der Waals surface area (Å²) in [6, 6.07) is 0.462. The quantitative estimate of drug-likeness (QED) is 0.781. The van der Waals surface area contributed by atoms with Crippen molar-refractivity contribution in [2.75, 3.05) is 5.75 Å². The molecule has 0 spiro atoms. The first kappa shape index (κ1) is 11.9. The van der Waals surface area contributed by atoms with Crippen molar-refractivity contribution < 1.29 is 0 Å². The Hall–Kier alpha value is -0.180. The number of hydrogen-bond acceptors (Lipinski definition) is 2. The minimum atomic E-state index is 0.232. The number of hydrogen-bond donors (Lipinski definition) is 1. The highest BCUT2D eigenvalue weighted by Crippen LogP contribution is 2.22. The van der Waals surface area contributed by atoms with Crippen molar-refractivity contribution in [3.63, 3.8) is 0 Å². The van der Waals surface area contributed by atoms with Gasteiger partial charge in [0.25, 0.3) is 0 Å². The first-order valence-electron chi connectivity index (χ1n) is 5.52. The van der Waals surface area contributed by atoms with Gasteiger partial charge in [-0.25, -0.2) is 0 Å². The van der Waals surface area contributed by atoms with E-state index in [0.29, 0.717) is 6.04 Å². The number of amidine groups is 1. The van der Waals surface area contributed by atoms with Gasteiger partial charge in [0.2, 0.25) is 0 Å². The van der Waals surface area contributed by atoms with Gasteiger partial charge in [0.1, 0.15) is 0 Å². The molecular weight excluding hydrogens is 192 g/mol. The summed E-state index contributed by atoms with van der Waals surface area (Å²) in [5.41, 5.74) is 0.232. The van der Waals surface area contributed by atoms with Crippen molar-refractivity contribution in [1.29, 1.82) is 0 Å². The minimum Gasteiger partial charge on any atom is -0.360 e. The molecule has 1 rings (SSSR count). The maximum Gasteiger partial charge on any atom is 0.157 e. The molecule has 0 aromatic rings. The van der Waals surface area contributed by atoms with E-state index in [-0.39, 0.29) is 5.54 Å². The summed E-state index contributed by atoms with van der Waals surface area (Å²) in [7, 11) is 0. The molecule has 0 aromatic carbocycles. The van der Waals surface area contributed by atoms with E-state index in [1.54, 1.807) is 0 Å². The van der Waals surface area contributed by atoms with Gasteiger partial charge < -0.3 is 5.32 Å². The van der Waals surface area contributed by atoms with Gasteiger partial charge in [-0.15, -0.1) is 0 Å². The summed E-state index contributed by atoms with van der Waals surface area (Å²) < 4.78 is 0. The Balaban J connectivity index is 2.51. The van der Waals surface area contributed by atoms with Crippen molar-refractivity contribution >= 4 is 16.9 Å². The monoisotopic (exact) mass is 214 g/mol. The average molecular weight is 214 g/mol. The zero-order valence-corrected chi connectivity index (χ0v) is 10.6. The standard InChI is InChI=1S/C11H22N2S/c1-5-6-9(2)12-10-13-11(3,4)7-8-14-10/h9H,5-8H2,1-4H3,(H,12,13). The first-order valence-corrected chi connectivity index (χ1v) is 6.51. The van der Waals surface area contributed by atoms with Crippen LogP contribution in [-0.4, -0.2) is 22.5 Å². The molecule has 1 unspecified atom stereocenters. The molecule has 82 valence electrons. The molecule has 0 bridgehead atoms. The zero-order valence-electron chi connectivity index (χ0n) is 9.76. The van der Waals surface area contributed by atoms with Crippen LogP contribution in [0.1, 0.15) is 47.0 Å². The second kappa shape index (κ2) is 5.06. The topological polar surface area (TPSA) is 24.4 Å². The van der Waals surface area contributed by atoms with Crippen molar-refractivity contribution in [1.82, 2.24) is 5.32 Å². The van der Waals surface area contributed by atoms with Crippen LogP contribution in [0.15, 0.2) is 4.99 Å². The number of nitrogens with zero attached hydrogens (tertiary/aromatic N) is 1. The van der Waals surface area contributed by atoms with Crippen LogP contribution >= 0.6 is 11.8 Å². The van der Waals surface area contributed by atoms with Crippen LogP contribution in [0.5, 0.6) is 0 Å². The SMILES string of the molecule is CCCC(C)N=C1NC(C)(C)CCS1. The fraction of sp³-hybridized carbons (Fsp3) is 0.909. The second-order valence-corrected chi connectivity index (χ2v) is 5.76. The molecule has 0 saturated carbocycles. The zero-order chi connectivity index (χ0) is 10.6. The molecule has 1 heterocycles. The Morgan fingerprint density at radius 2 is 2.29 bits per heavy atom. The predicted octanol–water partition coefficient (Wildman–Crippen LogP) is 3.04. The van der Waals surface area contributed by atoms with Crippen molar-refractivity contribution in [3.8, 4) is 0 Å². The Bertz CT molecular complexity index is 211. The molecule has 0 aliphatic carbocycles. The van der Waals surface area contributed by atoms with Gasteiger partial charge in [0.05, 0.1) is 0 Å². The maximum absolute atomic E-state index is 4.69. The van der Waals surface area contributed by atoms with E-state index in [1.165, 1.54) is 25.0 Å². The molecule has 1 saturated heterocycles. The Labute approximate surface area is 92.0 Å². The molecular formula is C11H22N2S. The third kappa shape index (κ3) is 3.91. The maximum atomic E-state index is 4.69. The van der Waals surface area contributed by atoms with Crippen molar-refractivity contribution in [2.24, 2.45) is 4.99 Å². The van der Waals surface area contributed by atoms with E-state index in [4.69, 9.17) is 0 Å². The lowest BCUT2D eigenvalue weighted by Gasteiger charge is -2.32. The summed E-state index contributed by atoms with van der Waals surface area (Å²) in [4.78, 5) is 4.69. The van der Waals surface area contributed by atoms with Crippen molar-refractivity contribution in [3.05, 3.63) is 0 Å². The molecule has 1 fully saturated rings. The highest BCUT2D eigenvalue weighted by molar-refractivity contribution is 8.13. The molecule has 2 nitrogen and oxygen atoms in total. The highest BCUT2D eigenvalue weighted by atomic mass is 32.2. The van der Waals surface area contributed by atoms with Gasteiger partial charge in [-0.05, 0) is 33.6 Å². The van der Waals surface area contributed by atoms with Gasteiger partial charge in [0.15, 0.2) is 5.17 Å². The molecule has 1 aliphatic heterocycles. The highest BCUT2D eigenvalue weighted by Gasteiger charge is 2.24. The summed E-state index contributed by atoms with van der Waals surface area (Å²) >= 11 is 1.86. The molecule has 0 aromatic heterocycles. The lowest BCUT2D eigenvalue weighted by atomic mass is 10.0. The third-order valence-electron chi connectivity index (χ3n) is 2.46. The Morgan fingerprint density at radius 1 is 1.57 bits per heavy atom. The largest absolute Gasteiger partial charge is 0.360 e. The minimum absolute atomic E-state index is 0.232. The number of rotatable bonds is 3. The fourth-order valence-corrected chi connectivity index (χ4v) is 2.95. The molecule has 0 radical (unpaired) electrons. The van der Waals surface area contributed by atoms with Gasteiger partial charge in [0, 0.05) is 17.3 Å². The molecule has 0 amide bonds. The number of thioether (sulfide) groups is 1. The first-order chi connectivity index (χ1) is 6.53. The van der Waals surface area contributed by atoms with E-state index in [2.05, 4.69) is 38.0 Å². The molecule has 1 N–H and O–H groups in total. The lowest BCUT2D eigenvalue weighted by molar-refractivity contribution is 0.445. The summed E-state index contributed by atoms with van der Waals surface area (Å²) in [6.07, 6.45) is 3.62. The van der Waals surface area contributed by atoms with Crippen LogP contribution in [-0.2, 0) is 0 Å². The van der Waals surface area contributed by atoms with Gasteiger partial charge in [-0.2, -0.15) is 0 Å². The molecule has 1 atom stereocenters. The van der Waals surface area contributed by atoms with E-state index in [1.807, 2.05) is 11.8 Å². The van der Waals surface area contributed by atoms with E-state index in [9.17, 15) is 0 Å². The summed E-state index contributed by atoms with van der Waals surface area (Å²) in [5.74, 6) is 1.19. The van der Waals surface area contributed by atoms with Crippen LogP contribution in [0.3, 0.4) is 0 Å². The van der Waals surface area contributed by atoms with Gasteiger partial charge >= 0.3 is 0 Å². The molecule has 3 heteroatoms. The van der Waals surface area contributed by atoms with E-state index in [0.717, 1.165) is 5.17 Å². The van der Waals surface area contributed by atoms with Crippen LogP contribution < -0.4 is 5.32 Å². The van der Waals surface area contributed by atoms with Crippen molar-refractivity contribution in [2.45, 2.75) is 58.5 Å². The molecule has 1 aliphatic rings. The van der Waals surface area contributed by atoms with Crippen LogP contribution in [0.4, 0.5) is 0 Å². The number of nitrogens with one attached hydrogen (secondary N) is 1. The summed E-state index contributed by atoms with van der Waals surface area (Å²) in [6.45, 7) is 8.89. The predicted molar refractivity (Wildman–Crippen MR) is 66.1 cm³/mol.